The van der Waals surface area contributed by atoms with Crippen molar-refractivity contribution in [2.45, 2.75) is 6.54 Å². The van der Waals surface area contributed by atoms with Crippen molar-refractivity contribution in [2.75, 3.05) is 0 Å². The minimum Gasteiger partial charge on any atom is -0.508 e. The average Bonchev–Trinajstić information content (AvgIpc) is 3.04. The van der Waals surface area contributed by atoms with Gasteiger partial charge in [0, 0.05) is 0 Å². The van der Waals surface area contributed by atoms with Crippen LogP contribution in [0.25, 0.3) is 6.08 Å². The predicted octanol–water partition coefficient (Wildman–Crippen LogP) is 2.24. The molecule has 1 aliphatic heterocycles. The van der Waals surface area contributed by atoms with Gasteiger partial charge in [-0.3, -0.25) is 9.69 Å². The first-order valence-corrected chi connectivity index (χ1v) is 6.70. The molecule has 3 rings (SSSR count). The Kier molecular flexibility index (Phi) is 3.45. The smallest absolute Gasteiger partial charge is 0.276 e. The van der Waals surface area contributed by atoms with Gasteiger partial charge in [-0.1, -0.05) is 12.1 Å². The standard InChI is InChI=1S/C15H12N2O3S/c18-11-4-1-3-10(7-11)8-13-14(19)17(15(21)16-13)9-12-5-2-6-20-12/h1-8,18H,9H2,(H,16,21)/b13-8-. The van der Waals surface area contributed by atoms with Crippen LogP contribution in [0.1, 0.15) is 11.3 Å². The van der Waals surface area contributed by atoms with Crippen LogP contribution in [-0.4, -0.2) is 21.0 Å². The highest BCUT2D eigenvalue weighted by Gasteiger charge is 2.31. The zero-order valence-electron chi connectivity index (χ0n) is 10.9. The van der Waals surface area contributed by atoms with Gasteiger partial charge in [-0.2, -0.15) is 0 Å². The average molecular weight is 300 g/mol. The van der Waals surface area contributed by atoms with Crippen molar-refractivity contribution in [3.05, 3.63) is 59.7 Å². The molecule has 1 aliphatic rings. The van der Waals surface area contributed by atoms with Crippen molar-refractivity contribution in [1.29, 1.82) is 0 Å². The number of hydrogen-bond acceptors (Lipinski definition) is 4. The molecule has 106 valence electrons. The van der Waals surface area contributed by atoms with Crippen LogP contribution in [0.3, 0.4) is 0 Å². The van der Waals surface area contributed by atoms with Crippen molar-refractivity contribution in [1.82, 2.24) is 10.2 Å². The zero-order valence-corrected chi connectivity index (χ0v) is 11.8. The van der Waals surface area contributed by atoms with Crippen LogP contribution < -0.4 is 5.32 Å². The van der Waals surface area contributed by atoms with E-state index >= 15 is 0 Å². The first-order chi connectivity index (χ1) is 10.1. The van der Waals surface area contributed by atoms with E-state index in [-0.39, 0.29) is 18.2 Å². The Morgan fingerprint density at radius 2 is 2.19 bits per heavy atom. The SMILES string of the molecule is O=C1/C(=C/c2cccc(O)c2)NC(=S)N1Cc1ccco1. The molecule has 1 amide bonds. The number of hydrogen-bond donors (Lipinski definition) is 2. The number of nitrogens with one attached hydrogen (secondary N) is 1. The molecular weight excluding hydrogens is 288 g/mol. The van der Waals surface area contributed by atoms with Gasteiger partial charge in [0.15, 0.2) is 5.11 Å². The molecule has 0 atom stereocenters. The second-order valence-corrected chi connectivity index (χ2v) is 4.94. The second kappa shape index (κ2) is 5.41. The van der Waals surface area contributed by atoms with E-state index in [1.807, 2.05) is 0 Å². The molecule has 0 radical (unpaired) electrons. The van der Waals surface area contributed by atoms with Gasteiger partial charge < -0.3 is 14.8 Å². The van der Waals surface area contributed by atoms with E-state index in [0.29, 0.717) is 22.1 Å². The second-order valence-electron chi connectivity index (χ2n) is 4.55. The number of carbonyl (C=O) groups excluding carboxylic acids is 1. The Balaban J connectivity index is 1.83. The van der Waals surface area contributed by atoms with E-state index in [1.54, 1.807) is 48.7 Å². The van der Waals surface area contributed by atoms with Gasteiger partial charge in [0.1, 0.15) is 17.2 Å². The van der Waals surface area contributed by atoms with Crippen LogP contribution >= 0.6 is 12.2 Å². The Bertz CT molecular complexity index is 722. The maximum Gasteiger partial charge on any atom is 0.276 e. The molecule has 2 N–H and O–H groups in total. The first kappa shape index (κ1) is 13.4. The van der Waals surface area contributed by atoms with Crippen LogP contribution in [0.4, 0.5) is 0 Å². The molecule has 0 aliphatic carbocycles. The third kappa shape index (κ3) is 2.80. The predicted molar refractivity (Wildman–Crippen MR) is 81.1 cm³/mol. The lowest BCUT2D eigenvalue weighted by Crippen LogP contribution is -2.29. The highest BCUT2D eigenvalue weighted by atomic mass is 32.1. The van der Waals surface area contributed by atoms with Gasteiger partial charge in [-0.15, -0.1) is 0 Å². The largest absolute Gasteiger partial charge is 0.508 e. The van der Waals surface area contributed by atoms with Crippen molar-refractivity contribution >= 4 is 29.3 Å². The van der Waals surface area contributed by atoms with E-state index < -0.39 is 0 Å². The maximum absolute atomic E-state index is 12.3. The molecule has 0 unspecified atom stereocenters. The lowest BCUT2D eigenvalue weighted by molar-refractivity contribution is -0.122. The van der Waals surface area contributed by atoms with Gasteiger partial charge in [-0.05, 0) is 48.1 Å². The fourth-order valence-electron chi connectivity index (χ4n) is 2.05. The van der Waals surface area contributed by atoms with Crippen molar-refractivity contribution in [2.24, 2.45) is 0 Å². The minimum atomic E-state index is -0.222. The highest BCUT2D eigenvalue weighted by molar-refractivity contribution is 7.80. The summed E-state index contributed by atoms with van der Waals surface area (Å²) in [4.78, 5) is 13.8. The number of phenolic OH excluding ortho intramolecular Hbond substituents is 1. The molecule has 21 heavy (non-hydrogen) atoms. The molecule has 0 spiro atoms. The number of phenols is 1. The Labute approximate surface area is 126 Å². The number of nitrogens with zero attached hydrogens (tertiary/aromatic N) is 1. The number of thiocarbonyl (C=S) groups is 1. The summed E-state index contributed by atoms with van der Waals surface area (Å²) in [5.74, 6) is 0.579. The fourth-order valence-corrected chi connectivity index (χ4v) is 2.31. The molecule has 6 heteroatoms. The molecule has 5 nitrogen and oxygen atoms in total. The highest BCUT2D eigenvalue weighted by Crippen LogP contribution is 2.19. The van der Waals surface area contributed by atoms with Crippen LogP contribution in [0.2, 0.25) is 0 Å². The van der Waals surface area contributed by atoms with E-state index in [9.17, 15) is 9.90 Å². The van der Waals surface area contributed by atoms with E-state index in [2.05, 4.69) is 5.32 Å². The summed E-state index contributed by atoms with van der Waals surface area (Å²) in [6, 6.07) is 10.2. The number of aromatic hydroxyl groups is 1. The third-order valence-corrected chi connectivity index (χ3v) is 3.36. The summed E-state index contributed by atoms with van der Waals surface area (Å²) in [6.07, 6.45) is 3.20. The van der Waals surface area contributed by atoms with Gasteiger partial charge in [0.05, 0.1) is 12.8 Å². The summed E-state index contributed by atoms with van der Waals surface area (Å²) in [7, 11) is 0. The Morgan fingerprint density at radius 1 is 1.33 bits per heavy atom. The number of benzene rings is 1. The summed E-state index contributed by atoms with van der Waals surface area (Å²) >= 11 is 5.17. The number of carbonyl (C=O) groups is 1. The molecular formula is C15H12N2O3S. The van der Waals surface area contributed by atoms with Crippen LogP contribution in [0, 0.1) is 0 Å². The van der Waals surface area contributed by atoms with Crippen molar-refractivity contribution < 1.29 is 14.3 Å². The van der Waals surface area contributed by atoms with Gasteiger partial charge in [-0.25, -0.2) is 0 Å². The molecule has 2 heterocycles. The van der Waals surface area contributed by atoms with Crippen LogP contribution in [0.15, 0.2) is 52.8 Å². The summed E-state index contributed by atoms with van der Waals surface area (Å²) < 4.78 is 5.23. The molecule has 1 aromatic heterocycles. The number of rotatable bonds is 3. The summed E-state index contributed by atoms with van der Waals surface area (Å²) in [5.41, 5.74) is 1.09. The lowest BCUT2D eigenvalue weighted by Gasteiger charge is -2.11. The van der Waals surface area contributed by atoms with Crippen LogP contribution in [0.5, 0.6) is 5.75 Å². The topological polar surface area (TPSA) is 65.7 Å². The molecule has 1 fully saturated rings. The molecule has 2 aromatic rings. The lowest BCUT2D eigenvalue weighted by atomic mass is 10.2. The molecule has 0 saturated carbocycles. The van der Waals surface area contributed by atoms with Crippen LogP contribution in [-0.2, 0) is 11.3 Å². The van der Waals surface area contributed by atoms with Gasteiger partial charge in [0.2, 0.25) is 0 Å². The van der Waals surface area contributed by atoms with E-state index in [4.69, 9.17) is 16.6 Å². The van der Waals surface area contributed by atoms with Gasteiger partial charge in [0.25, 0.3) is 5.91 Å². The molecule has 1 aromatic carbocycles. The van der Waals surface area contributed by atoms with Crippen molar-refractivity contribution in [3.8, 4) is 5.75 Å². The third-order valence-electron chi connectivity index (χ3n) is 3.04. The molecule has 1 saturated heterocycles. The fraction of sp³-hybridized carbons (Fsp3) is 0.0667. The van der Waals surface area contributed by atoms with Gasteiger partial charge >= 0.3 is 0 Å². The Hall–Kier alpha value is -2.60. The normalized spacial score (nSPS) is 16.6. The first-order valence-electron chi connectivity index (χ1n) is 6.29. The quantitative estimate of drug-likeness (QED) is 0.672. The minimum absolute atomic E-state index is 0.143. The monoisotopic (exact) mass is 300 g/mol. The zero-order chi connectivity index (χ0) is 14.8. The summed E-state index contributed by atoms with van der Waals surface area (Å²) in [5, 5.41) is 12.7. The van der Waals surface area contributed by atoms with Crippen molar-refractivity contribution in [3.63, 3.8) is 0 Å². The Morgan fingerprint density at radius 3 is 2.90 bits per heavy atom. The number of amides is 1. The van der Waals surface area contributed by atoms with E-state index in [1.165, 1.54) is 4.90 Å². The maximum atomic E-state index is 12.3. The summed E-state index contributed by atoms with van der Waals surface area (Å²) in [6.45, 7) is 0.287. The van der Waals surface area contributed by atoms with E-state index in [0.717, 1.165) is 0 Å². The number of furan rings is 1. The molecule has 0 bridgehead atoms.